The molecule has 0 amide bonds. The summed E-state index contributed by atoms with van der Waals surface area (Å²) in [4.78, 5) is 9.83. The third-order valence-corrected chi connectivity index (χ3v) is 5.28. The first-order valence-corrected chi connectivity index (χ1v) is 9.22. The molecule has 0 saturated heterocycles. The van der Waals surface area contributed by atoms with Crippen molar-refractivity contribution in [3.05, 3.63) is 24.0 Å². The van der Waals surface area contributed by atoms with Gasteiger partial charge in [0.15, 0.2) is 0 Å². The zero-order valence-corrected chi connectivity index (χ0v) is 13.2. The number of hydrogen-bond donors (Lipinski definition) is 3. The number of carboxylic acids is 1. The van der Waals surface area contributed by atoms with Crippen LogP contribution < -0.4 is 9.44 Å². The molecule has 0 aromatic heterocycles. The Bertz CT molecular complexity index is 761. The van der Waals surface area contributed by atoms with Gasteiger partial charge in [0.05, 0.1) is 16.3 Å². The quantitative estimate of drug-likeness (QED) is 0.617. The Kier molecular flexibility index (Phi) is 5.85. The standard InChI is InChI=1S/C11H15FN2O6S2/c1-2-5-21(17,18)14-10-4-3-8(6-9(10)12)22(19,20)13-7-11(15)16/h3-4,6,13-14H,2,5,7H2,1H3,(H,15,16). The summed E-state index contributed by atoms with van der Waals surface area (Å²) in [6, 6.07) is 2.53. The van der Waals surface area contributed by atoms with Crippen LogP contribution in [-0.4, -0.2) is 40.2 Å². The zero-order chi connectivity index (χ0) is 17.0. The van der Waals surface area contributed by atoms with E-state index in [2.05, 4.69) is 0 Å². The second-order valence-corrected chi connectivity index (χ2v) is 7.89. The summed E-state index contributed by atoms with van der Waals surface area (Å²) in [5, 5.41) is 8.42. The molecule has 0 aliphatic rings. The summed E-state index contributed by atoms with van der Waals surface area (Å²) < 4.78 is 64.1. The van der Waals surface area contributed by atoms with Gasteiger partial charge in [0.2, 0.25) is 20.0 Å². The van der Waals surface area contributed by atoms with Gasteiger partial charge in [-0.2, -0.15) is 4.72 Å². The first-order chi connectivity index (χ1) is 10.1. The first kappa shape index (κ1) is 18.3. The van der Waals surface area contributed by atoms with Crippen molar-refractivity contribution in [2.24, 2.45) is 0 Å². The van der Waals surface area contributed by atoms with Crippen molar-refractivity contribution >= 4 is 31.7 Å². The minimum absolute atomic E-state index is 0.202. The molecule has 0 saturated carbocycles. The van der Waals surface area contributed by atoms with Crippen LogP contribution in [0.4, 0.5) is 10.1 Å². The monoisotopic (exact) mass is 354 g/mol. The number of carboxylic acid groups (broad SMARTS) is 1. The van der Waals surface area contributed by atoms with Crippen LogP contribution in [0, 0.1) is 5.82 Å². The molecular formula is C11H15FN2O6S2. The number of hydrogen-bond acceptors (Lipinski definition) is 5. The van der Waals surface area contributed by atoms with E-state index in [-0.39, 0.29) is 11.4 Å². The van der Waals surface area contributed by atoms with Gasteiger partial charge in [0, 0.05) is 0 Å². The third kappa shape index (κ3) is 5.24. The zero-order valence-electron chi connectivity index (χ0n) is 11.5. The summed E-state index contributed by atoms with van der Waals surface area (Å²) in [5.41, 5.74) is -0.384. The van der Waals surface area contributed by atoms with Gasteiger partial charge in [-0.15, -0.1) is 0 Å². The molecule has 1 rings (SSSR count). The fourth-order valence-electron chi connectivity index (χ4n) is 1.47. The van der Waals surface area contributed by atoms with E-state index in [1.165, 1.54) is 0 Å². The lowest BCUT2D eigenvalue weighted by Crippen LogP contribution is -2.29. The Balaban J connectivity index is 3.01. The van der Waals surface area contributed by atoms with E-state index in [4.69, 9.17) is 5.11 Å². The van der Waals surface area contributed by atoms with E-state index >= 15 is 0 Å². The number of nitrogens with one attached hydrogen (secondary N) is 2. The fourth-order valence-corrected chi connectivity index (χ4v) is 3.60. The van der Waals surface area contributed by atoms with Crippen LogP contribution >= 0.6 is 0 Å². The average molecular weight is 354 g/mol. The van der Waals surface area contributed by atoms with Crippen molar-refractivity contribution in [1.82, 2.24) is 4.72 Å². The summed E-state index contributed by atoms with van der Waals surface area (Å²) in [6.45, 7) is 0.786. The maximum Gasteiger partial charge on any atom is 0.318 e. The maximum absolute atomic E-state index is 13.8. The number of sulfonamides is 2. The SMILES string of the molecule is CCCS(=O)(=O)Nc1ccc(S(=O)(=O)NCC(=O)O)cc1F. The molecule has 0 radical (unpaired) electrons. The molecule has 0 heterocycles. The molecule has 0 aliphatic heterocycles. The summed E-state index contributed by atoms with van der Waals surface area (Å²) in [5.74, 6) is -2.68. The van der Waals surface area contributed by atoms with E-state index in [0.717, 1.165) is 12.1 Å². The fraction of sp³-hybridized carbons (Fsp3) is 0.364. The molecule has 11 heteroatoms. The summed E-state index contributed by atoms with van der Waals surface area (Å²) in [7, 11) is -7.91. The van der Waals surface area contributed by atoms with Crippen molar-refractivity contribution in [3.63, 3.8) is 0 Å². The summed E-state index contributed by atoms with van der Waals surface area (Å²) >= 11 is 0. The lowest BCUT2D eigenvalue weighted by molar-refractivity contribution is -0.135. The molecular weight excluding hydrogens is 339 g/mol. The lowest BCUT2D eigenvalue weighted by atomic mass is 10.3. The molecule has 0 unspecified atom stereocenters. The minimum Gasteiger partial charge on any atom is -0.480 e. The van der Waals surface area contributed by atoms with Crippen molar-refractivity contribution < 1.29 is 31.1 Å². The van der Waals surface area contributed by atoms with Gasteiger partial charge in [0.25, 0.3) is 0 Å². The van der Waals surface area contributed by atoms with Crippen molar-refractivity contribution in [1.29, 1.82) is 0 Å². The largest absolute Gasteiger partial charge is 0.480 e. The second-order valence-electron chi connectivity index (χ2n) is 4.28. The van der Waals surface area contributed by atoms with Crippen molar-refractivity contribution in [2.75, 3.05) is 17.0 Å². The van der Waals surface area contributed by atoms with Crippen molar-refractivity contribution in [2.45, 2.75) is 18.2 Å². The number of aliphatic carboxylic acids is 1. The molecule has 124 valence electrons. The molecule has 22 heavy (non-hydrogen) atoms. The summed E-state index contributed by atoms with van der Waals surface area (Å²) in [6.07, 6.45) is 0.336. The smallest absolute Gasteiger partial charge is 0.318 e. The number of benzene rings is 1. The molecule has 0 fully saturated rings. The van der Waals surface area contributed by atoms with Crippen LogP contribution in [0.1, 0.15) is 13.3 Å². The Morgan fingerprint density at radius 3 is 2.41 bits per heavy atom. The Morgan fingerprint density at radius 1 is 1.27 bits per heavy atom. The van der Waals surface area contributed by atoms with Crippen LogP contribution in [0.25, 0.3) is 0 Å². The second kappa shape index (κ2) is 7.03. The van der Waals surface area contributed by atoms with E-state index < -0.39 is 43.3 Å². The third-order valence-electron chi connectivity index (χ3n) is 2.40. The molecule has 3 N–H and O–H groups in total. The molecule has 8 nitrogen and oxygen atoms in total. The van der Waals surface area contributed by atoms with Crippen LogP contribution in [0.15, 0.2) is 23.1 Å². The highest BCUT2D eigenvalue weighted by atomic mass is 32.2. The van der Waals surface area contributed by atoms with Crippen LogP contribution in [-0.2, 0) is 24.8 Å². The van der Waals surface area contributed by atoms with Crippen LogP contribution in [0.2, 0.25) is 0 Å². The Hall–Kier alpha value is -1.72. The van der Waals surface area contributed by atoms with Gasteiger partial charge in [-0.05, 0) is 24.6 Å². The van der Waals surface area contributed by atoms with Gasteiger partial charge in [0.1, 0.15) is 12.4 Å². The highest BCUT2D eigenvalue weighted by Gasteiger charge is 2.19. The van der Waals surface area contributed by atoms with E-state index in [9.17, 15) is 26.0 Å². The first-order valence-electron chi connectivity index (χ1n) is 6.09. The normalized spacial score (nSPS) is 12.1. The number of rotatable bonds is 8. The average Bonchev–Trinajstić information content (AvgIpc) is 2.38. The molecule has 0 spiro atoms. The highest BCUT2D eigenvalue weighted by Crippen LogP contribution is 2.20. The minimum atomic E-state index is -4.20. The highest BCUT2D eigenvalue weighted by molar-refractivity contribution is 7.92. The van der Waals surface area contributed by atoms with Crippen molar-refractivity contribution in [3.8, 4) is 0 Å². The Labute approximate surface area is 127 Å². The van der Waals surface area contributed by atoms with Gasteiger partial charge >= 0.3 is 5.97 Å². The Morgan fingerprint density at radius 2 is 1.91 bits per heavy atom. The predicted molar refractivity (Wildman–Crippen MR) is 76.9 cm³/mol. The van der Waals surface area contributed by atoms with Crippen LogP contribution in [0.3, 0.4) is 0 Å². The molecule has 1 aromatic rings. The van der Waals surface area contributed by atoms with Gasteiger partial charge in [-0.3, -0.25) is 9.52 Å². The van der Waals surface area contributed by atoms with Crippen LogP contribution in [0.5, 0.6) is 0 Å². The van der Waals surface area contributed by atoms with E-state index in [0.29, 0.717) is 12.5 Å². The molecule has 0 atom stereocenters. The maximum atomic E-state index is 13.8. The number of anilines is 1. The molecule has 1 aromatic carbocycles. The lowest BCUT2D eigenvalue weighted by Gasteiger charge is -2.10. The number of halogens is 1. The molecule has 0 bridgehead atoms. The topological polar surface area (TPSA) is 130 Å². The van der Waals surface area contributed by atoms with Gasteiger partial charge in [-0.1, -0.05) is 6.92 Å². The molecule has 0 aliphatic carbocycles. The van der Waals surface area contributed by atoms with Gasteiger partial charge < -0.3 is 5.11 Å². The van der Waals surface area contributed by atoms with Gasteiger partial charge in [-0.25, -0.2) is 21.2 Å². The number of carbonyl (C=O) groups is 1. The van der Waals surface area contributed by atoms with E-state index in [1.807, 2.05) is 4.72 Å². The van der Waals surface area contributed by atoms with E-state index in [1.54, 1.807) is 11.6 Å². The predicted octanol–water partition coefficient (Wildman–Crippen LogP) is 0.340.